The summed E-state index contributed by atoms with van der Waals surface area (Å²) in [6, 6.07) is 11.2. The second-order valence-corrected chi connectivity index (χ2v) is 14.3. The van der Waals surface area contributed by atoms with E-state index in [0.29, 0.717) is 35.8 Å². The van der Waals surface area contributed by atoms with E-state index in [0.717, 1.165) is 30.5 Å². The van der Waals surface area contributed by atoms with Crippen molar-refractivity contribution in [3.63, 3.8) is 0 Å². The molecule has 9 nitrogen and oxygen atoms in total. The van der Waals surface area contributed by atoms with Gasteiger partial charge in [-0.3, -0.25) is 24.3 Å². The van der Waals surface area contributed by atoms with Gasteiger partial charge in [0.2, 0.25) is 17.0 Å². The lowest BCUT2D eigenvalue weighted by Gasteiger charge is -2.16. The predicted molar refractivity (Wildman–Crippen MR) is 185 cm³/mol. The van der Waals surface area contributed by atoms with Gasteiger partial charge in [0.1, 0.15) is 0 Å². The molecule has 2 amide bonds. The standard InChI is InChI=1S/C37H50N6O3S/c1-2-3-4-5-6-7-8-9-10-11-12-13-14-15-18-29-26-34(44)43(36(29)46)31-21-20-28-25-33(35(45)32(28)27-31)47-37-39-40-41-42(37)24-22-30-19-16-17-23-38-30/h16-17,19-21,23,27,29,33H,2-15,18,22,24-26H2,1H3. The van der Waals surface area contributed by atoms with Gasteiger partial charge in [-0.1, -0.05) is 121 Å². The van der Waals surface area contributed by atoms with Crippen LogP contribution in [0, 0.1) is 5.92 Å². The number of fused-ring (bicyclic) bond motifs is 1. The number of nitrogens with zero attached hydrogens (tertiary/aromatic N) is 6. The third kappa shape index (κ3) is 9.81. The highest BCUT2D eigenvalue weighted by Gasteiger charge is 2.40. The van der Waals surface area contributed by atoms with Crippen molar-refractivity contribution in [3.8, 4) is 0 Å². The van der Waals surface area contributed by atoms with Crippen LogP contribution in [0.25, 0.3) is 0 Å². The number of hydrogen-bond acceptors (Lipinski definition) is 8. The molecular formula is C37H50N6O3S. The smallest absolute Gasteiger partial charge is 0.237 e. The first kappa shape index (κ1) is 34.9. The molecule has 0 N–H and O–H groups in total. The Bertz CT molecular complexity index is 1460. The molecule has 2 aliphatic rings. The van der Waals surface area contributed by atoms with E-state index >= 15 is 0 Å². The average Bonchev–Trinajstić information content (AvgIpc) is 3.75. The minimum atomic E-state index is -0.363. The van der Waals surface area contributed by atoms with Crippen molar-refractivity contribution in [3.05, 3.63) is 59.4 Å². The Morgan fingerprint density at radius 2 is 1.53 bits per heavy atom. The number of amides is 2. The van der Waals surface area contributed by atoms with Gasteiger partial charge in [-0.15, -0.1) is 5.10 Å². The summed E-state index contributed by atoms with van der Waals surface area (Å²) in [5.41, 5.74) is 2.94. The lowest BCUT2D eigenvalue weighted by molar-refractivity contribution is -0.122. The molecule has 0 radical (unpaired) electrons. The first-order valence-electron chi connectivity index (χ1n) is 17.9. The summed E-state index contributed by atoms with van der Waals surface area (Å²) in [5.74, 6) is -0.594. The number of Topliss-reactive ketones (excluding diaryl/α,β-unsaturated/α-hetero) is 1. The summed E-state index contributed by atoms with van der Waals surface area (Å²) >= 11 is 1.36. The zero-order chi connectivity index (χ0) is 32.8. The van der Waals surface area contributed by atoms with Crippen LogP contribution in [0.3, 0.4) is 0 Å². The fraction of sp³-hybridized carbons (Fsp3) is 0.595. The highest BCUT2D eigenvalue weighted by Crippen LogP contribution is 2.37. The Labute approximate surface area is 283 Å². The minimum absolute atomic E-state index is 0.0239. The number of hydrogen-bond donors (Lipinski definition) is 0. The van der Waals surface area contributed by atoms with Gasteiger partial charge in [0, 0.05) is 36.2 Å². The van der Waals surface area contributed by atoms with Crippen LogP contribution in [-0.4, -0.2) is 48.0 Å². The largest absolute Gasteiger partial charge is 0.293 e. The molecule has 3 aromatic rings. The van der Waals surface area contributed by atoms with Crippen molar-refractivity contribution >= 4 is 35.0 Å². The highest BCUT2D eigenvalue weighted by molar-refractivity contribution is 8.00. The molecule has 1 aliphatic carbocycles. The maximum Gasteiger partial charge on any atom is 0.237 e. The molecule has 1 saturated heterocycles. The monoisotopic (exact) mass is 658 g/mol. The van der Waals surface area contributed by atoms with Gasteiger partial charge in [-0.05, 0) is 53.1 Å². The first-order chi connectivity index (χ1) is 23.0. The van der Waals surface area contributed by atoms with Crippen LogP contribution < -0.4 is 4.90 Å². The molecule has 1 fully saturated rings. The maximum atomic E-state index is 13.5. The van der Waals surface area contributed by atoms with Crippen molar-refractivity contribution < 1.29 is 14.4 Å². The van der Waals surface area contributed by atoms with E-state index in [1.165, 1.54) is 93.7 Å². The van der Waals surface area contributed by atoms with E-state index in [4.69, 9.17) is 0 Å². The van der Waals surface area contributed by atoms with Crippen LogP contribution in [0.15, 0.2) is 47.8 Å². The van der Waals surface area contributed by atoms with Crippen molar-refractivity contribution in [1.82, 2.24) is 25.2 Å². The van der Waals surface area contributed by atoms with Crippen LogP contribution >= 0.6 is 11.8 Å². The van der Waals surface area contributed by atoms with E-state index in [1.807, 2.05) is 24.3 Å². The summed E-state index contributed by atoms with van der Waals surface area (Å²) in [4.78, 5) is 45.4. The number of tetrazole rings is 1. The number of anilines is 1. The summed E-state index contributed by atoms with van der Waals surface area (Å²) in [6.45, 7) is 2.82. The van der Waals surface area contributed by atoms with E-state index in [9.17, 15) is 14.4 Å². The van der Waals surface area contributed by atoms with E-state index in [-0.39, 0.29) is 35.2 Å². The average molecular weight is 659 g/mol. The van der Waals surface area contributed by atoms with Crippen molar-refractivity contribution in [2.45, 2.75) is 139 Å². The third-order valence-corrected chi connectivity index (χ3v) is 10.7. The van der Waals surface area contributed by atoms with Crippen LogP contribution in [0.5, 0.6) is 0 Å². The summed E-state index contributed by atoms with van der Waals surface area (Å²) < 4.78 is 1.71. The number of unbranched alkanes of at least 4 members (excludes halogenated alkanes) is 13. The highest BCUT2D eigenvalue weighted by atomic mass is 32.2. The van der Waals surface area contributed by atoms with Crippen LogP contribution in [0.4, 0.5) is 5.69 Å². The number of ketones is 1. The Morgan fingerprint density at radius 1 is 0.830 bits per heavy atom. The Kier molecular flexibility index (Phi) is 13.5. The first-order valence-corrected chi connectivity index (χ1v) is 18.8. The van der Waals surface area contributed by atoms with Crippen molar-refractivity contribution in [1.29, 1.82) is 0 Å². The van der Waals surface area contributed by atoms with Crippen LogP contribution in [0.2, 0.25) is 0 Å². The van der Waals surface area contributed by atoms with Gasteiger partial charge < -0.3 is 0 Å². The molecule has 1 aromatic carbocycles. The van der Waals surface area contributed by atoms with E-state index in [2.05, 4.69) is 27.4 Å². The fourth-order valence-electron chi connectivity index (χ4n) is 6.76. The Hall–Kier alpha value is -3.40. The zero-order valence-electron chi connectivity index (χ0n) is 27.9. The lowest BCUT2D eigenvalue weighted by atomic mass is 9.98. The second kappa shape index (κ2) is 18.2. The number of imide groups is 1. The number of aryl methyl sites for hydroxylation is 2. The lowest BCUT2D eigenvalue weighted by Crippen LogP contribution is -2.30. The molecule has 0 saturated carbocycles. The second-order valence-electron chi connectivity index (χ2n) is 13.1. The van der Waals surface area contributed by atoms with E-state index in [1.54, 1.807) is 23.0 Å². The summed E-state index contributed by atoms with van der Waals surface area (Å²) in [6.07, 6.45) is 22.1. The van der Waals surface area contributed by atoms with Crippen LogP contribution in [-0.2, 0) is 29.0 Å². The Balaban J connectivity index is 1.03. The number of thioether (sulfide) groups is 1. The molecule has 10 heteroatoms. The maximum absolute atomic E-state index is 13.5. The number of carbonyl (C=O) groups is 3. The van der Waals surface area contributed by atoms with Gasteiger partial charge >= 0.3 is 0 Å². The van der Waals surface area contributed by atoms with Gasteiger partial charge in [0.15, 0.2) is 5.78 Å². The molecule has 2 atom stereocenters. The zero-order valence-corrected chi connectivity index (χ0v) is 28.8. The van der Waals surface area contributed by atoms with Gasteiger partial charge in [0.05, 0.1) is 17.5 Å². The minimum Gasteiger partial charge on any atom is -0.293 e. The van der Waals surface area contributed by atoms with Gasteiger partial charge in [0.25, 0.3) is 0 Å². The molecule has 47 heavy (non-hydrogen) atoms. The van der Waals surface area contributed by atoms with Gasteiger partial charge in [-0.2, -0.15) is 0 Å². The quantitative estimate of drug-likeness (QED) is 0.0837. The molecule has 3 heterocycles. The fourth-order valence-corrected chi connectivity index (χ4v) is 7.85. The SMILES string of the molecule is CCCCCCCCCCCCCCCCC1CC(=O)N(c2ccc3c(c2)C(=O)C(Sc2nnnn2CCc2ccccn2)C3)C1=O. The number of aromatic nitrogens is 5. The number of rotatable bonds is 21. The molecule has 0 spiro atoms. The predicted octanol–water partition coefficient (Wildman–Crippen LogP) is 7.96. The number of carbonyl (C=O) groups excluding carboxylic acids is 3. The molecular weight excluding hydrogens is 609 g/mol. The summed E-state index contributed by atoms with van der Waals surface area (Å²) in [5, 5.41) is 12.3. The summed E-state index contributed by atoms with van der Waals surface area (Å²) in [7, 11) is 0. The molecule has 2 unspecified atom stereocenters. The van der Waals surface area contributed by atoms with Gasteiger partial charge in [-0.25, -0.2) is 4.68 Å². The molecule has 0 bridgehead atoms. The number of pyridine rings is 1. The van der Waals surface area contributed by atoms with Crippen LogP contribution in [0.1, 0.15) is 131 Å². The molecule has 5 rings (SSSR count). The number of benzene rings is 1. The van der Waals surface area contributed by atoms with E-state index < -0.39 is 0 Å². The Morgan fingerprint density at radius 3 is 2.21 bits per heavy atom. The van der Waals surface area contributed by atoms with Crippen molar-refractivity contribution in [2.75, 3.05) is 4.90 Å². The third-order valence-electron chi connectivity index (χ3n) is 9.51. The molecule has 252 valence electrons. The molecule has 1 aliphatic heterocycles. The normalized spacial score (nSPS) is 17.6. The molecule has 2 aromatic heterocycles. The van der Waals surface area contributed by atoms with Crippen molar-refractivity contribution in [2.24, 2.45) is 5.92 Å². The topological polar surface area (TPSA) is 111 Å².